The van der Waals surface area contributed by atoms with Gasteiger partial charge in [-0.05, 0) is 35.4 Å². The molecule has 2 aromatic rings. The Balaban J connectivity index is 1.85. The summed E-state index contributed by atoms with van der Waals surface area (Å²) >= 11 is 0. The Morgan fingerprint density at radius 3 is 2.58 bits per heavy atom. The molecule has 0 radical (unpaired) electrons. The molecule has 0 bridgehead atoms. The maximum Gasteiger partial charge on any atom is 0.0991 e. The van der Waals surface area contributed by atoms with Crippen molar-refractivity contribution in [2.45, 2.75) is 18.6 Å². The summed E-state index contributed by atoms with van der Waals surface area (Å²) in [7, 11) is 0. The van der Waals surface area contributed by atoms with Crippen molar-refractivity contribution in [1.29, 1.82) is 5.26 Å². The molecule has 2 atom stereocenters. The number of aliphatic hydroxyl groups excluding tert-OH is 1. The topological polar surface area (TPSA) is 56.0 Å². The number of fused-ring (bicyclic) bond motifs is 1. The van der Waals surface area contributed by atoms with Crippen LogP contribution in [0.1, 0.15) is 22.7 Å². The molecule has 0 saturated heterocycles. The molecule has 2 N–H and O–H groups in total. The van der Waals surface area contributed by atoms with Gasteiger partial charge in [0.25, 0.3) is 0 Å². The van der Waals surface area contributed by atoms with Gasteiger partial charge >= 0.3 is 0 Å². The normalized spacial score (nSPS) is 20.6. The second-order valence-corrected chi connectivity index (χ2v) is 4.78. The van der Waals surface area contributed by atoms with Crippen LogP contribution in [-0.2, 0) is 6.42 Å². The number of nitriles is 1. The fourth-order valence-electron chi connectivity index (χ4n) is 2.57. The highest BCUT2D eigenvalue weighted by atomic mass is 16.3. The minimum absolute atomic E-state index is 0.0795. The summed E-state index contributed by atoms with van der Waals surface area (Å²) < 4.78 is 0. The minimum Gasteiger partial charge on any atom is -0.390 e. The van der Waals surface area contributed by atoms with Crippen LogP contribution in [0.15, 0.2) is 48.5 Å². The zero-order chi connectivity index (χ0) is 13.2. The van der Waals surface area contributed by atoms with Crippen molar-refractivity contribution in [1.82, 2.24) is 0 Å². The number of hydrogen-bond donors (Lipinski definition) is 2. The van der Waals surface area contributed by atoms with Gasteiger partial charge in [0, 0.05) is 12.1 Å². The highest BCUT2D eigenvalue weighted by Crippen LogP contribution is 2.33. The molecule has 0 unspecified atom stereocenters. The number of benzene rings is 2. The lowest BCUT2D eigenvalue weighted by molar-refractivity contribution is 0.166. The summed E-state index contributed by atoms with van der Waals surface area (Å²) in [5.74, 6) is 0. The van der Waals surface area contributed by atoms with E-state index in [4.69, 9.17) is 5.26 Å². The lowest BCUT2D eigenvalue weighted by Gasteiger charge is -2.19. The van der Waals surface area contributed by atoms with Gasteiger partial charge in [-0.15, -0.1) is 0 Å². The smallest absolute Gasteiger partial charge is 0.0991 e. The van der Waals surface area contributed by atoms with Crippen molar-refractivity contribution in [2.75, 3.05) is 5.32 Å². The Labute approximate surface area is 112 Å². The average Bonchev–Trinajstić information content (AvgIpc) is 2.76. The molecule has 19 heavy (non-hydrogen) atoms. The van der Waals surface area contributed by atoms with Gasteiger partial charge in [0.2, 0.25) is 0 Å². The Morgan fingerprint density at radius 2 is 1.84 bits per heavy atom. The summed E-state index contributed by atoms with van der Waals surface area (Å²) in [4.78, 5) is 0. The predicted octanol–water partition coefficient (Wildman–Crippen LogP) is 2.63. The van der Waals surface area contributed by atoms with E-state index in [-0.39, 0.29) is 6.04 Å². The molecule has 0 aromatic heterocycles. The van der Waals surface area contributed by atoms with E-state index in [0.29, 0.717) is 12.0 Å². The van der Waals surface area contributed by atoms with Crippen molar-refractivity contribution in [3.8, 4) is 6.07 Å². The number of nitrogens with one attached hydrogen (secondary N) is 1. The molecule has 2 aromatic carbocycles. The Morgan fingerprint density at radius 1 is 1.11 bits per heavy atom. The van der Waals surface area contributed by atoms with Crippen molar-refractivity contribution >= 4 is 5.69 Å². The molecular weight excluding hydrogens is 236 g/mol. The fourth-order valence-corrected chi connectivity index (χ4v) is 2.57. The van der Waals surface area contributed by atoms with E-state index in [9.17, 15) is 5.11 Å². The second-order valence-electron chi connectivity index (χ2n) is 4.78. The van der Waals surface area contributed by atoms with Crippen molar-refractivity contribution in [3.05, 3.63) is 65.2 Å². The summed E-state index contributed by atoms with van der Waals surface area (Å²) in [6.45, 7) is 0. The van der Waals surface area contributed by atoms with Gasteiger partial charge in [-0.25, -0.2) is 0 Å². The van der Waals surface area contributed by atoms with Crippen LogP contribution < -0.4 is 5.32 Å². The molecule has 3 heteroatoms. The number of hydrogen-bond acceptors (Lipinski definition) is 3. The number of anilines is 1. The molecule has 0 spiro atoms. The Bertz CT molecular complexity index is 628. The standard InChI is InChI=1S/C16H14N2O/c17-10-11-5-7-13(8-6-11)18-16-14-4-2-1-3-12(14)9-15(16)19/h1-8,15-16,18-19H,9H2/t15-,16-/m1/s1. The lowest BCUT2D eigenvalue weighted by atomic mass is 10.1. The maximum atomic E-state index is 10.2. The van der Waals surface area contributed by atoms with E-state index in [1.807, 2.05) is 30.3 Å². The van der Waals surface area contributed by atoms with Crippen LogP contribution in [0.4, 0.5) is 5.69 Å². The van der Waals surface area contributed by atoms with Crippen LogP contribution in [0.5, 0.6) is 0 Å². The fraction of sp³-hybridized carbons (Fsp3) is 0.188. The molecule has 1 aliphatic rings. The molecule has 3 rings (SSSR count). The van der Waals surface area contributed by atoms with E-state index in [1.165, 1.54) is 5.56 Å². The van der Waals surface area contributed by atoms with E-state index in [0.717, 1.165) is 11.3 Å². The third-order valence-electron chi connectivity index (χ3n) is 3.54. The average molecular weight is 250 g/mol. The molecular formula is C16H14N2O. The number of rotatable bonds is 2. The first-order valence-electron chi connectivity index (χ1n) is 6.30. The third kappa shape index (κ3) is 2.18. The van der Waals surface area contributed by atoms with E-state index < -0.39 is 6.10 Å². The summed E-state index contributed by atoms with van der Waals surface area (Å²) in [6.07, 6.45) is 0.275. The first-order valence-corrected chi connectivity index (χ1v) is 6.30. The highest BCUT2D eigenvalue weighted by Gasteiger charge is 2.30. The van der Waals surface area contributed by atoms with Gasteiger partial charge < -0.3 is 10.4 Å². The predicted molar refractivity (Wildman–Crippen MR) is 73.7 cm³/mol. The van der Waals surface area contributed by atoms with E-state index >= 15 is 0 Å². The van der Waals surface area contributed by atoms with Crippen LogP contribution in [0.25, 0.3) is 0 Å². The van der Waals surface area contributed by atoms with Gasteiger partial charge in [-0.1, -0.05) is 24.3 Å². The zero-order valence-electron chi connectivity index (χ0n) is 10.4. The summed E-state index contributed by atoms with van der Waals surface area (Å²) in [5.41, 5.74) is 3.90. The first-order chi connectivity index (χ1) is 9.28. The highest BCUT2D eigenvalue weighted by molar-refractivity contribution is 5.51. The van der Waals surface area contributed by atoms with Gasteiger partial charge in [0.15, 0.2) is 0 Å². The molecule has 0 heterocycles. The van der Waals surface area contributed by atoms with Crippen molar-refractivity contribution in [3.63, 3.8) is 0 Å². The third-order valence-corrected chi connectivity index (χ3v) is 3.54. The van der Waals surface area contributed by atoms with Crippen LogP contribution in [0.2, 0.25) is 0 Å². The molecule has 0 fully saturated rings. The quantitative estimate of drug-likeness (QED) is 0.861. The molecule has 1 aliphatic carbocycles. The van der Waals surface area contributed by atoms with Crippen LogP contribution in [-0.4, -0.2) is 11.2 Å². The monoisotopic (exact) mass is 250 g/mol. The molecule has 0 aliphatic heterocycles. The molecule has 0 saturated carbocycles. The van der Waals surface area contributed by atoms with E-state index in [2.05, 4.69) is 17.5 Å². The second kappa shape index (κ2) is 4.75. The number of nitrogens with zero attached hydrogens (tertiary/aromatic N) is 1. The number of aliphatic hydroxyl groups is 1. The maximum absolute atomic E-state index is 10.2. The Kier molecular flexibility index (Phi) is 2.94. The van der Waals surface area contributed by atoms with Gasteiger partial charge in [0.1, 0.15) is 0 Å². The Hall–Kier alpha value is -2.31. The van der Waals surface area contributed by atoms with Gasteiger partial charge in [-0.3, -0.25) is 0 Å². The summed E-state index contributed by atoms with van der Waals surface area (Å²) in [5, 5.41) is 22.3. The summed E-state index contributed by atoms with van der Waals surface area (Å²) in [6, 6.07) is 17.4. The van der Waals surface area contributed by atoms with E-state index in [1.54, 1.807) is 12.1 Å². The van der Waals surface area contributed by atoms with Gasteiger partial charge in [0.05, 0.1) is 23.8 Å². The van der Waals surface area contributed by atoms with Crippen LogP contribution in [0.3, 0.4) is 0 Å². The minimum atomic E-state index is -0.409. The van der Waals surface area contributed by atoms with Crippen LogP contribution >= 0.6 is 0 Å². The zero-order valence-corrected chi connectivity index (χ0v) is 10.4. The molecule has 0 amide bonds. The SMILES string of the molecule is N#Cc1ccc(N[C@@H]2c3ccccc3C[C@H]2O)cc1. The molecule has 94 valence electrons. The van der Waals surface area contributed by atoms with Crippen molar-refractivity contribution < 1.29 is 5.11 Å². The first kappa shape index (κ1) is 11.8. The van der Waals surface area contributed by atoms with Crippen LogP contribution in [0, 0.1) is 11.3 Å². The largest absolute Gasteiger partial charge is 0.390 e. The van der Waals surface area contributed by atoms with Gasteiger partial charge in [-0.2, -0.15) is 5.26 Å². The molecule has 3 nitrogen and oxygen atoms in total. The van der Waals surface area contributed by atoms with Crippen molar-refractivity contribution in [2.24, 2.45) is 0 Å². The lowest BCUT2D eigenvalue weighted by Crippen LogP contribution is -2.21.